The first-order valence-electron chi connectivity index (χ1n) is 5.35. The van der Waals surface area contributed by atoms with Crippen LogP contribution in [0.1, 0.15) is 20.8 Å². The standard InChI is InChI=1S/C12H14ClFN2S/c1-12(2,3)6-16-10-5-8(14)7(13)4-9(10)15-11(16)17/h4-5H,6H2,1-3H3,(H,15,17). The minimum absolute atomic E-state index is 0.0729. The number of hydrogen-bond acceptors (Lipinski definition) is 1. The molecule has 0 aliphatic carbocycles. The average molecular weight is 273 g/mol. The Bertz CT molecular complexity index is 622. The van der Waals surface area contributed by atoms with Gasteiger partial charge in [-0.25, -0.2) is 4.39 Å². The van der Waals surface area contributed by atoms with Crippen LogP contribution in [-0.4, -0.2) is 9.55 Å². The maximum atomic E-state index is 13.5. The Morgan fingerprint density at radius 3 is 2.65 bits per heavy atom. The topological polar surface area (TPSA) is 20.7 Å². The molecular weight excluding hydrogens is 259 g/mol. The zero-order valence-electron chi connectivity index (χ0n) is 9.97. The maximum absolute atomic E-state index is 13.5. The Hall–Kier alpha value is -0.870. The number of hydrogen-bond donors (Lipinski definition) is 1. The smallest absolute Gasteiger partial charge is 0.178 e. The molecule has 17 heavy (non-hydrogen) atoms. The molecule has 92 valence electrons. The summed E-state index contributed by atoms with van der Waals surface area (Å²) in [5, 5.41) is 0.108. The van der Waals surface area contributed by atoms with E-state index >= 15 is 0 Å². The van der Waals surface area contributed by atoms with Crippen LogP contribution in [0.25, 0.3) is 11.0 Å². The predicted molar refractivity (Wildman–Crippen MR) is 71.5 cm³/mol. The Labute approximate surface area is 109 Å². The number of aromatic amines is 1. The molecule has 0 amide bonds. The lowest BCUT2D eigenvalue weighted by Gasteiger charge is -2.19. The number of halogens is 2. The van der Waals surface area contributed by atoms with Gasteiger partial charge in [-0.15, -0.1) is 0 Å². The molecule has 2 nitrogen and oxygen atoms in total. The van der Waals surface area contributed by atoms with Gasteiger partial charge in [-0.1, -0.05) is 32.4 Å². The van der Waals surface area contributed by atoms with Crippen LogP contribution in [0.5, 0.6) is 0 Å². The van der Waals surface area contributed by atoms with Gasteiger partial charge in [0.05, 0.1) is 16.1 Å². The van der Waals surface area contributed by atoms with E-state index in [1.165, 1.54) is 6.07 Å². The molecule has 0 radical (unpaired) electrons. The highest BCUT2D eigenvalue weighted by molar-refractivity contribution is 7.71. The number of H-pyrrole nitrogens is 1. The van der Waals surface area contributed by atoms with Crippen molar-refractivity contribution in [3.63, 3.8) is 0 Å². The second-order valence-electron chi connectivity index (χ2n) is 5.36. The zero-order chi connectivity index (χ0) is 12.8. The summed E-state index contributed by atoms with van der Waals surface area (Å²) in [5.41, 5.74) is 1.60. The van der Waals surface area contributed by atoms with E-state index in [0.717, 1.165) is 17.6 Å². The van der Waals surface area contributed by atoms with E-state index in [0.29, 0.717) is 4.77 Å². The third-order valence-corrected chi connectivity index (χ3v) is 3.06. The van der Waals surface area contributed by atoms with E-state index in [9.17, 15) is 4.39 Å². The number of nitrogens with zero attached hydrogens (tertiary/aromatic N) is 1. The maximum Gasteiger partial charge on any atom is 0.178 e. The van der Waals surface area contributed by atoms with Gasteiger partial charge in [0, 0.05) is 12.6 Å². The van der Waals surface area contributed by atoms with Gasteiger partial charge in [0.1, 0.15) is 5.82 Å². The van der Waals surface area contributed by atoms with Gasteiger partial charge in [-0.2, -0.15) is 0 Å². The van der Waals surface area contributed by atoms with Crippen molar-refractivity contribution in [2.45, 2.75) is 27.3 Å². The molecule has 0 spiro atoms. The van der Waals surface area contributed by atoms with Gasteiger partial charge in [0.2, 0.25) is 0 Å². The molecule has 0 saturated heterocycles. The van der Waals surface area contributed by atoms with Crippen LogP contribution in [0.2, 0.25) is 5.02 Å². The van der Waals surface area contributed by atoms with Crippen LogP contribution in [0, 0.1) is 16.0 Å². The second kappa shape index (κ2) is 4.10. The molecule has 2 aromatic rings. The summed E-state index contributed by atoms with van der Waals surface area (Å²) in [7, 11) is 0. The van der Waals surface area contributed by atoms with Crippen molar-refractivity contribution in [3.8, 4) is 0 Å². The summed E-state index contributed by atoms with van der Waals surface area (Å²) in [6.45, 7) is 7.06. The molecule has 0 bridgehead atoms. The first kappa shape index (κ1) is 12.6. The van der Waals surface area contributed by atoms with Gasteiger partial charge < -0.3 is 9.55 Å². The molecule has 0 aliphatic rings. The van der Waals surface area contributed by atoms with Gasteiger partial charge in [-0.05, 0) is 23.7 Å². The minimum Gasteiger partial charge on any atom is -0.331 e. The van der Waals surface area contributed by atoms with Gasteiger partial charge in [0.25, 0.3) is 0 Å². The number of aromatic nitrogens is 2. The highest BCUT2D eigenvalue weighted by Crippen LogP contribution is 2.25. The van der Waals surface area contributed by atoms with Crippen LogP contribution in [0.15, 0.2) is 12.1 Å². The van der Waals surface area contributed by atoms with Crippen LogP contribution in [-0.2, 0) is 6.54 Å². The molecule has 1 aromatic heterocycles. The summed E-state index contributed by atoms with van der Waals surface area (Å²) in [6.07, 6.45) is 0. The van der Waals surface area contributed by atoms with Crippen molar-refractivity contribution in [3.05, 3.63) is 27.7 Å². The van der Waals surface area contributed by atoms with E-state index in [2.05, 4.69) is 25.8 Å². The van der Waals surface area contributed by atoms with E-state index in [1.807, 2.05) is 4.57 Å². The number of nitrogens with one attached hydrogen (secondary N) is 1. The largest absolute Gasteiger partial charge is 0.331 e. The summed E-state index contributed by atoms with van der Waals surface area (Å²) in [4.78, 5) is 3.04. The summed E-state index contributed by atoms with van der Waals surface area (Å²) >= 11 is 11.0. The van der Waals surface area contributed by atoms with Gasteiger partial charge in [-0.3, -0.25) is 0 Å². The highest BCUT2D eigenvalue weighted by atomic mass is 35.5. The lowest BCUT2D eigenvalue weighted by atomic mass is 9.97. The van der Waals surface area contributed by atoms with Gasteiger partial charge in [0.15, 0.2) is 4.77 Å². The van der Waals surface area contributed by atoms with Crippen LogP contribution >= 0.6 is 23.8 Å². The lowest BCUT2D eigenvalue weighted by molar-refractivity contribution is 0.346. The van der Waals surface area contributed by atoms with Crippen LogP contribution in [0.4, 0.5) is 4.39 Å². The van der Waals surface area contributed by atoms with Crippen molar-refractivity contribution in [2.24, 2.45) is 5.41 Å². The third kappa shape index (κ3) is 2.53. The number of benzene rings is 1. The first-order valence-corrected chi connectivity index (χ1v) is 6.14. The predicted octanol–water partition coefficient (Wildman–Crippen LogP) is 4.54. The number of fused-ring (bicyclic) bond motifs is 1. The fraction of sp³-hybridized carbons (Fsp3) is 0.417. The van der Waals surface area contributed by atoms with Gasteiger partial charge >= 0.3 is 0 Å². The van der Waals surface area contributed by atoms with Crippen LogP contribution < -0.4 is 0 Å². The normalized spacial score (nSPS) is 12.3. The Kier molecular flexibility index (Phi) is 3.04. The van der Waals surface area contributed by atoms with Crippen molar-refractivity contribution in [1.82, 2.24) is 9.55 Å². The Balaban J connectivity index is 2.67. The fourth-order valence-corrected chi connectivity index (χ4v) is 2.22. The Morgan fingerprint density at radius 2 is 2.06 bits per heavy atom. The van der Waals surface area contributed by atoms with E-state index in [1.54, 1.807) is 6.07 Å². The monoisotopic (exact) mass is 272 g/mol. The lowest BCUT2D eigenvalue weighted by Crippen LogP contribution is -2.15. The molecule has 1 aromatic carbocycles. The first-order chi connectivity index (χ1) is 7.78. The molecule has 1 N–H and O–H groups in total. The number of rotatable bonds is 1. The van der Waals surface area contributed by atoms with Crippen molar-refractivity contribution in [2.75, 3.05) is 0 Å². The average Bonchev–Trinajstić information content (AvgIpc) is 2.43. The molecule has 0 atom stereocenters. The van der Waals surface area contributed by atoms with Crippen molar-refractivity contribution < 1.29 is 4.39 Å². The zero-order valence-corrected chi connectivity index (χ0v) is 11.5. The molecule has 0 saturated carbocycles. The molecular formula is C12H14ClFN2S. The molecule has 2 rings (SSSR count). The van der Waals surface area contributed by atoms with Crippen LogP contribution in [0.3, 0.4) is 0 Å². The molecule has 1 heterocycles. The SMILES string of the molecule is CC(C)(C)Cn1c(=S)[nH]c2cc(Cl)c(F)cc21. The summed E-state index contributed by atoms with van der Waals surface area (Å²) < 4.78 is 16.0. The molecule has 0 aliphatic heterocycles. The highest BCUT2D eigenvalue weighted by Gasteiger charge is 2.15. The summed E-state index contributed by atoms with van der Waals surface area (Å²) in [5.74, 6) is -0.421. The number of imidazole rings is 1. The second-order valence-corrected chi connectivity index (χ2v) is 6.15. The van der Waals surface area contributed by atoms with E-state index in [-0.39, 0.29) is 10.4 Å². The molecule has 5 heteroatoms. The minimum atomic E-state index is -0.421. The van der Waals surface area contributed by atoms with E-state index < -0.39 is 5.82 Å². The van der Waals surface area contributed by atoms with Crippen molar-refractivity contribution >= 4 is 34.9 Å². The Morgan fingerprint density at radius 1 is 1.41 bits per heavy atom. The molecule has 0 fully saturated rings. The molecule has 0 unspecified atom stereocenters. The van der Waals surface area contributed by atoms with Crippen molar-refractivity contribution in [1.29, 1.82) is 0 Å². The quantitative estimate of drug-likeness (QED) is 0.756. The van der Waals surface area contributed by atoms with E-state index in [4.69, 9.17) is 23.8 Å². The summed E-state index contributed by atoms with van der Waals surface area (Å²) in [6, 6.07) is 3.00. The fourth-order valence-electron chi connectivity index (χ4n) is 1.78. The third-order valence-electron chi connectivity index (χ3n) is 2.45.